The summed E-state index contributed by atoms with van der Waals surface area (Å²) in [5.74, 6) is 0.611. The smallest absolute Gasteiger partial charge is 0.244 e. The highest BCUT2D eigenvalue weighted by molar-refractivity contribution is 7.98. The molecule has 0 aliphatic heterocycles. The highest BCUT2D eigenvalue weighted by Crippen LogP contribution is 2.26. The van der Waals surface area contributed by atoms with Gasteiger partial charge in [0.1, 0.15) is 6.54 Å². The van der Waals surface area contributed by atoms with Gasteiger partial charge in [-0.1, -0.05) is 59.8 Å². The molecule has 1 aromatic heterocycles. The molecular formula is C17H16ClN5OS. The SMILES string of the molecule is Nc1nnc(SCc2ccccc2Cl)n1CC(=O)Nc1ccccc1. The van der Waals surface area contributed by atoms with Crippen LogP contribution in [0.4, 0.5) is 11.6 Å². The van der Waals surface area contributed by atoms with Crippen molar-refractivity contribution >= 4 is 40.9 Å². The van der Waals surface area contributed by atoms with Crippen molar-refractivity contribution in [2.24, 2.45) is 0 Å². The number of carbonyl (C=O) groups excluding carboxylic acids is 1. The number of amides is 1. The van der Waals surface area contributed by atoms with E-state index in [1.807, 2.05) is 54.6 Å². The average molecular weight is 374 g/mol. The first-order chi connectivity index (χ1) is 12.1. The number of halogens is 1. The van der Waals surface area contributed by atoms with Crippen LogP contribution >= 0.6 is 23.4 Å². The van der Waals surface area contributed by atoms with E-state index in [1.165, 1.54) is 11.8 Å². The largest absolute Gasteiger partial charge is 0.368 e. The molecule has 0 bridgehead atoms. The summed E-state index contributed by atoms with van der Waals surface area (Å²) in [6.07, 6.45) is 0. The highest BCUT2D eigenvalue weighted by Gasteiger charge is 2.14. The van der Waals surface area contributed by atoms with Gasteiger partial charge >= 0.3 is 0 Å². The molecule has 1 heterocycles. The molecule has 3 N–H and O–H groups in total. The van der Waals surface area contributed by atoms with E-state index in [9.17, 15) is 4.79 Å². The predicted molar refractivity (Wildman–Crippen MR) is 101 cm³/mol. The fraction of sp³-hybridized carbons (Fsp3) is 0.118. The van der Waals surface area contributed by atoms with Gasteiger partial charge < -0.3 is 11.1 Å². The Morgan fingerprint density at radius 1 is 1.12 bits per heavy atom. The van der Waals surface area contributed by atoms with Gasteiger partial charge in [0.15, 0.2) is 5.16 Å². The van der Waals surface area contributed by atoms with Crippen molar-refractivity contribution in [2.75, 3.05) is 11.1 Å². The summed E-state index contributed by atoms with van der Waals surface area (Å²) in [6.45, 7) is 0.0403. The summed E-state index contributed by atoms with van der Waals surface area (Å²) < 4.78 is 1.58. The Hall–Kier alpha value is -2.51. The van der Waals surface area contributed by atoms with E-state index in [2.05, 4.69) is 15.5 Å². The molecule has 0 radical (unpaired) electrons. The minimum absolute atomic E-state index is 0.0403. The zero-order valence-corrected chi connectivity index (χ0v) is 14.8. The van der Waals surface area contributed by atoms with Crippen molar-refractivity contribution in [3.05, 3.63) is 65.2 Å². The number of nitrogens with zero attached hydrogens (tertiary/aromatic N) is 3. The van der Waals surface area contributed by atoms with Gasteiger partial charge in [-0.15, -0.1) is 10.2 Å². The number of aromatic nitrogens is 3. The molecule has 0 atom stereocenters. The summed E-state index contributed by atoms with van der Waals surface area (Å²) in [4.78, 5) is 12.2. The van der Waals surface area contributed by atoms with Gasteiger partial charge in [-0.3, -0.25) is 9.36 Å². The molecule has 3 aromatic rings. The third-order valence-corrected chi connectivity index (χ3v) is 4.80. The number of nitrogen functional groups attached to an aromatic ring is 1. The monoisotopic (exact) mass is 373 g/mol. The van der Waals surface area contributed by atoms with Crippen molar-refractivity contribution in [3.8, 4) is 0 Å². The first-order valence-corrected chi connectivity index (χ1v) is 8.89. The molecular weight excluding hydrogens is 358 g/mol. The molecule has 128 valence electrons. The zero-order chi connectivity index (χ0) is 17.6. The predicted octanol–water partition coefficient (Wildman–Crippen LogP) is 3.44. The lowest BCUT2D eigenvalue weighted by Gasteiger charge is -2.09. The molecule has 0 aliphatic carbocycles. The van der Waals surface area contributed by atoms with Crippen LogP contribution in [0.25, 0.3) is 0 Å². The minimum Gasteiger partial charge on any atom is -0.368 e. The highest BCUT2D eigenvalue weighted by atomic mass is 35.5. The molecule has 8 heteroatoms. The van der Waals surface area contributed by atoms with Crippen LogP contribution in [0.5, 0.6) is 0 Å². The summed E-state index contributed by atoms with van der Waals surface area (Å²) >= 11 is 7.59. The Balaban J connectivity index is 1.67. The third kappa shape index (κ3) is 4.52. The topological polar surface area (TPSA) is 85.8 Å². The van der Waals surface area contributed by atoms with Crippen LogP contribution in [0, 0.1) is 0 Å². The van der Waals surface area contributed by atoms with Crippen LogP contribution in [0.2, 0.25) is 5.02 Å². The number of thioether (sulfide) groups is 1. The second kappa shape index (κ2) is 8.04. The first kappa shape index (κ1) is 17.3. The van der Waals surface area contributed by atoms with E-state index < -0.39 is 0 Å². The number of hydrogen-bond donors (Lipinski definition) is 2. The molecule has 0 spiro atoms. The van der Waals surface area contributed by atoms with E-state index in [1.54, 1.807) is 4.57 Å². The quantitative estimate of drug-likeness (QED) is 0.646. The minimum atomic E-state index is -0.197. The van der Waals surface area contributed by atoms with Crippen LogP contribution in [0.3, 0.4) is 0 Å². The number of nitrogens with two attached hydrogens (primary N) is 1. The average Bonchev–Trinajstić information content (AvgIpc) is 2.95. The van der Waals surface area contributed by atoms with Gasteiger partial charge in [-0.25, -0.2) is 0 Å². The Bertz CT molecular complexity index is 868. The number of para-hydroxylation sites is 1. The van der Waals surface area contributed by atoms with E-state index >= 15 is 0 Å². The van der Waals surface area contributed by atoms with Gasteiger partial charge in [0, 0.05) is 16.5 Å². The van der Waals surface area contributed by atoms with E-state index in [0.717, 1.165) is 11.3 Å². The van der Waals surface area contributed by atoms with Gasteiger partial charge in [0.25, 0.3) is 0 Å². The molecule has 6 nitrogen and oxygen atoms in total. The summed E-state index contributed by atoms with van der Waals surface area (Å²) in [5, 5.41) is 12.0. The molecule has 0 aliphatic rings. The number of nitrogens with one attached hydrogen (secondary N) is 1. The van der Waals surface area contributed by atoms with Crippen molar-refractivity contribution in [3.63, 3.8) is 0 Å². The molecule has 2 aromatic carbocycles. The Labute approximate surface area is 154 Å². The van der Waals surface area contributed by atoms with Gasteiger partial charge in [-0.05, 0) is 23.8 Å². The van der Waals surface area contributed by atoms with Crippen LogP contribution < -0.4 is 11.1 Å². The standard InChI is InChI=1S/C17H16ClN5OS/c18-14-9-5-4-6-12(14)11-25-17-22-21-16(19)23(17)10-15(24)20-13-7-2-1-3-8-13/h1-9H,10-11H2,(H2,19,21)(H,20,24). The Morgan fingerprint density at radius 3 is 2.60 bits per heavy atom. The molecule has 1 amide bonds. The van der Waals surface area contributed by atoms with Crippen molar-refractivity contribution in [2.45, 2.75) is 17.5 Å². The van der Waals surface area contributed by atoms with Crippen molar-refractivity contribution in [1.29, 1.82) is 0 Å². The number of anilines is 2. The maximum absolute atomic E-state index is 12.2. The Kier molecular flexibility index (Phi) is 5.57. The van der Waals surface area contributed by atoms with Crippen LogP contribution in [-0.4, -0.2) is 20.7 Å². The maximum Gasteiger partial charge on any atom is 0.244 e. The molecule has 25 heavy (non-hydrogen) atoms. The molecule has 0 saturated carbocycles. The van der Waals surface area contributed by atoms with Gasteiger partial charge in [0.05, 0.1) is 0 Å². The normalized spacial score (nSPS) is 10.6. The third-order valence-electron chi connectivity index (χ3n) is 3.42. The second-order valence-electron chi connectivity index (χ2n) is 5.22. The van der Waals surface area contributed by atoms with Gasteiger partial charge in [-0.2, -0.15) is 0 Å². The lowest BCUT2D eigenvalue weighted by Crippen LogP contribution is -2.20. The zero-order valence-electron chi connectivity index (χ0n) is 13.2. The fourth-order valence-corrected chi connectivity index (χ4v) is 3.41. The van der Waals surface area contributed by atoms with Crippen molar-refractivity contribution in [1.82, 2.24) is 14.8 Å². The molecule has 3 rings (SSSR count). The maximum atomic E-state index is 12.2. The number of rotatable bonds is 6. The number of carbonyl (C=O) groups is 1. The van der Waals surface area contributed by atoms with Crippen LogP contribution in [0.1, 0.15) is 5.56 Å². The molecule has 0 fully saturated rings. The number of benzene rings is 2. The molecule has 0 saturated heterocycles. The first-order valence-electron chi connectivity index (χ1n) is 7.53. The van der Waals surface area contributed by atoms with E-state index in [0.29, 0.717) is 15.9 Å². The van der Waals surface area contributed by atoms with Gasteiger partial charge in [0.2, 0.25) is 11.9 Å². The summed E-state index contributed by atoms with van der Waals surface area (Å²) in [6, 6.07) is 16.8. The van der Waals surface area contributed by atoms with E-state index in [-0.39, 0.29) is 18.4 Å². The summed E-state index contributed by atoms with van der Waals surface area (Å²) in [5.41, 5.74) is 7.56. The lowest BCUT2D eigenvalue weighted by atomic mass is 10.2. The van der Waals surface area contributed by atoms with Crippen LogP contribution in [0.15, 0.2) is 59.8 Å². The lowest BCUT2D eigenvalue weighted by molar-refractivity contribution is -0.116. The Morgan fingerprint density at radius 2 is 1.84 bits per heavy atom. The van der Waals surface area contributed by atoms with Crippen LogP contribution in [-0.2, 0) is 17.1 Å². The van der Waals surface area contributed by atoms with E-state index in [4.69, 9.17) is 17.3 Å². The molecule has 0 unspecified atom stereocenters. The second-order valence-corrected chi connectivity index (χ2v) is 6.57. The number of hydrogen-bond acceptors (Lipinski definition) is 5. The fourth-order valence-electron chi connectivity index (χ4n) is 2.18. The van der Waals surface area contributed by atoms with Crippen molar-refractivity contribution < 1.29 is 4.79 Å². The summed E-state index contributed by atoms with van der Waals surface area (Å²) in [7, 11) is 0.